The number of hydrogen-bond acceptors (Lipinski definition) is 5. The van der Waals surface area contributed by atoms with Crippen LogP contribution in [-0.4, -0.2) is 43.9 Å². The lowest BCUT2D eigenvalue weighted by Crippen LogP contribution is -2.45. The Kier molecular flexibility index (Phi) is 5.28. The molecule has 1 aliphatic heterocycles. The maximum atomic E-state index is 12.8. The number of carbonyl (C=O) groups excluding carboxylic acids is 1. The van der Waals surface area contributed by atoms with E-state index in [4.69, 9.17) is 4.42 Å². The van der Waals surface area contributed by atoms with Crippen molar-refractivity contribution >= 4 is 17.7 Å². The first-order valence-corrected chi connectivity index (χ1v) is 9.26. The zero-order chi connectivity index (χ0) is 17.1. The first-order valence-electron chi connectivity index (χ1n) is 8.38. The van der Waals surface area contributed by atoms with E-state index < -0.39 is 0 Å². The molecule has 24 heavy (non-hydrogen) atoms. The summed E-state index contributed by atoms with van der Waals surface area (Å²) in [4.78, 5) is 14.8. The summed E-state index contributed by atoms with van der Waals surface area (Å²) in [5, 5.41) is 8.70. The maximum absolute atomic E-state index is 12.8. The van der Waals surface area contributed by atoms with Gasteiger partial charge in [0.2, 0.25) is 5.91 Å². The van der Waals surface area contributed by atoms with Gasteiger partial charge in [0.1, 0.15) is 12.1 Å². The van der Waals surface area contributed by atoms with Crippen molar-refractivity contribution in [2.45, 2.75) is 44.1 Å². The molecule has 1 saturated heterocycles. The van der Waals surface area contributed by atoms with E-state index in [1.165, 1.54) is 18.2 Å². The number of aromatic nitrogens is 3. The monoisotopic (exact) mass is 348 g/mol. The lowest BCUT2D eigenvalue weighted by atomic mass is 9.92. The highest BCUT2D eigenvalue weighted by atomic mass is 32.2. The van der Waals surface area contributed by atoms with Crippen LogP contribution in [0.25, 0.3) is 0 Å². The third-order valence-corrected chi connectivity index (χ3v) is 5.38. The zero-order valence-electron chi connectivity index (χ0n) is 14.4. The average molecular weight is 348 g/mol. The molecule has 0 aromatic carbocycles. The van der Waals surface area contributed by atoms with E-state index >= 15 is 0 Å². The topological polar surface area (TPSA) is 64.2 Å². The second-order valence-electron chi connectivity index (χ2n) is 6.77. The number of carbonyl (C=O) groups is 1. The molecule has 6 nitrogen and oxygen atoms in total. The predicted octanol–water partition coefficient (Wildman–Crippen LogP) is 2.90. The fourth-order valence-electron chi connectivity index (χ4n) is 3.32. The Labute approximate surface area is 146 Å². The number of hydrogen-bond donors (Lipinski definition) is 0. The Morgan fingerprint density at radius 1 is 1.42 bits per heavy atom. The number of thioether (sulfide) groups is 1. The van der Waals surface area contributed by atoms with Crippen LogP contribution in [0.3, 0.4) is 0 Å². The van der Waals surface area contributed by atoms with Crippen LogP contribution in [0.1, 0.15) is 33.0 Å². The van der Waals surface area contributed by atoms with E-state index in [9.17, 15) is 4.79 Å². The molecule has 130 valence electrons. The summed E-state index contributed by atoms with van der Waals surface area (Å²) in [6.45, 7) is 8.66. The van der Waals surface area contributed by atoms with E-state index in [0.29, 0.717) is 18.4 Å². The molecule has 0 saturated carbocycles. The summed E-state index contributed by atoms with van der Waals surface area (Å²) in [5.41, 5.74) is 0. The van der Waals surface area contributed by atoms with E-state index in [1.807, 2.05) is 28.5 Å². The van der Waals surface area contributed by atoms with Crippen molar-refractivity contribution in [3.05, 3.63) is 30.5 Å². The third kappa shape index (κ3) is 4.01. The molecular weight excluding hydrogens is 324 g/mol. The standard InChI is InChI=1S/C17H24N4O2S/c1-12-7-13(2)9-20(8-12)16(22)14(3)24-17-19-18-11-21(17)10-15-5-4-6-23-15/h4-6,11-14H,7-10H2,1-3H3. The average Bonchev–Trinajstić information content (AvgIpc) is 3.18. The van der Waals surface area contributed by atoms with Crippen molar-refractivity contribution in [2.24, 2.45) is 11.8 Å². The van der Waals surface area contributed by atoms with Crippen molar-refractivity contribution in [3.8, 4) is 0 Å². The van der Waals surface area contributed by atoms with Crippen LogP contribution in [0, 0.1) is 11.8 Å². The summed E-state index contributed by atoms with van der Waals surface area (Å²) in [7, 11) is 0. The Bertz CT molecular complexity index is 660. The highest BCUT2D eigenvalue weighted by Crippen LogP contribution is 2.27. The molecule has 1 fully saturated rings. The Morgan fingerprint density at radius 2 is 2.17 bits per heavy atom. The Balaban J connectivity index is 1.63. The highest BCUT2D eigenvalue weighted by molar-refractivity contribution is 8.00. The molecule has 0 aliphatic carbocycles. The molecule has 7 heteroatoms. The quantitative estimate of drug-likeness (QED) is 0.778. The molecule has 0 radical (unpaired) electrons. The van der Waals surface area contributed by atoms with Crippen LogP contribution < -0.4 is 0 Å². The molecule has 3 rings (SSSR count). The van der Waals surface area contributed by atoms with E-state index in [2.05, 4.69) is 24.0 Å². The molecule has 0 N–H and O–H groups in total. The van der Waals surface area contributed by atoms with Crippen molar-refractivity contribution < 1.29 is 9.21 Å². The van der Waals surface area contributed by atoms with Crippen molar-refractivity contribution in [1.82, 2.24) is 19.7 Å². The van der Waals surface area contributed by atoms with Gasteiger partial charge in [0.15, 0.2) is 5.16 Å². The van der Waals surface area contributed by atoms with Crippen LogP contribution >= 0.6 is 11.8 Å². The fraction of sp³-hybridized carbons (Fsp3) is 0.588. The van der Waals surface area contributed by atoms with Crippen molar-refractivity contribution in [1.29, 1.82) is 0 Å². The van der Waals surface area contributed by atoms with Crippen molar-refractivity contribution in [3.63, 3.8) is 0 Å². The van der Waals surface area contributed by atoms with Gasteiger partial charge in [-0.25, -0.2) is 0 Å². The van der Waals surface area contributed by atoms with Crippen LogP contribution in [0.4, 0.5) is 0 Å². The molecule has 0 spiro atoms. The van der Waals surface area contributed by atoms with E-state index in [1.54, 1.807) is 12.6 Å². The number of likely N-dealkylation sites (tertiary alicyclic amines) is 1. The molecule has 0 bridgehead atoms. The van der Waals surface area contributed by atoms with Crippen molar-refractivity contribution in [2.75, 3.05) is 13.1 Å². The van der Waals surface area contributed by atoms with Gasteiger partial charge in [-0.05, 0) is 37.3 Å². The van der Waals surface area contributed by atoms with Gasteiger partial charge in [-0.3, -0.25) is 4.79 Å². The minimum Gasteiger partial charge on any atom is -0.467 e. The number of furan rings is 1. The fourth-order valence-corrected chi connectivity index (χ4v) is 4.23. The normalized spacial score (nSPS) is 22.5. The number of nitrogens with zero attached hydrogens (tertiary/aromatic N) is 4. The summed E-state index contributed by atoms with van der Waals surface area (Å²) in [5.74, 6) is 2.16. The first-order chi connectivity index (χ1) is 11.5. The SMILES string of the molecule is CC1CC(C)CN(C(=O)C(C)Sc2nncn2Cc2ccco2)C1. The van der Waals surface area contributed by atoms with Crippen LogP contribution in [0.2, 0.25) is 0 Å². The molecule has 3 heterocycles. The summed E-state index contributed by atoms with van der Waals surface area (Å²) >= 11 is 1.46. The molecular formula is C17H24N4O2S. The van der Waals surface area contributed by atoms with Crippen LogP contribution in [0.15, 0.2) is 34.3 Å². The second-order valence-corrected chi connectivity index (χ2v) is 8.08. The molecule has 1 aliphatic rings. The Morgan fingerprint density at radius 3 is 2.83 bits per heavy atom. The van der Waals surface area contributed by atoms with Gasteiger partial charge in [-0.1, -0.05) is 25.6 Å². The largest absolute Gasteiger partial charge is 0.467 e. The summed E-state index contributed by atoms with van der Waals surface area (Å²) in [6, 6.07) is 3.77. The molecule has 3 unspecified atom stereocenters. The van der Waals surface area contributed by atoms with Gasteiger partial charge in [0.25, 0.3) is 0 Å². The number of piperidine rings is 1. The Hall–Kier alpha value is -1.76. The van der Waals surface area contributed by atoms with E-state index in [0.717, 1.165) is 24.0 Å². The lowest BCUT2D eigenvalue weighted by Gasteiger charge is -2.36. The molecule has 2 aromatic heterocycles. The second kappa shape index (κ2) is 7.42. The predicted molar refractivity (Wildman–Crippen MR) is 92.7 cm³/mol. The van der Waals surface area contributed by atoms with Gasteiger partial charge in [0, 0.05) is 13.1 Å². The lowest BCUT2D eigenvalue weighted by molar-refractivity contribution is -0.132. The highest BCUT2D eigenvalue weighted by Gasteiger charge is 2.29. The smallest absolute Gasteiger partial charge is 0.235 e. The molecule has 1 amide bonds. The molecule has 2 aromatic rings. The summed E-state index contributed by atoms with van der Waals surface area (Å²) < 4.78 is 7.28. The number of amides is 1. The molecule has 3 atom stereocenters. The van der Waals surface area contributed by atoms with Crippen LogP contribution in [-0.2, 0) is 11.3 Å². The van der Waals surface area contributed by atoms with Gasteiger partial charge >= 0.3 is 0 Å². The van der Waals surface area contributed by atoms with Gasteiger partial charge in [0.05, 0.1) is 18.1 Å². The number of rotatable bonds is 5. The van der Waals surface area contributed by atoms with E-state index in [-0.39, 0.29) is 11.2 Å². The maximum Gasteiger partial charge on any atom is 0.235 e. The van der Waals surface area contributed by atoms with Gasteiger partial charge in [-0.2, -0.15) is 0 Å². The first kappa shape index (κ1) is 17.1. The minimum absolute atomic E-state index is 0.179. The van der Waals surface area contributed by atoms with Gasteiger partial charge < -0.3 is 13.9 Å². The van der Waals surface area contributed by atoms with Gasteiger partial charge in [-0.15, -0.1) is 10.2 Å². The minimum atomic E-state index is -0.179. The third-order valence-electron chi connectivity index (χ3n) is 4.30. The zero-order valence-corrected chi connectivity index (χ0v) is 15.2. The van der Waals surface area contributed by atoms with Crippen LogP contribution in [0.5, 0.6) is 0 Å². The summed E-state index contributed by atoms with van der Waals surface area (Å²) in [6.07, 6.45) is 4.52.